The van der Waals surface area contributed by atoms with E-state index in [9.17, 15) is 4.79 Å². The van der Waals surface area contributed by atoms with Crippen LogP contribution < -0.4 is 10.4 Å². The third kappa shape index (κ3) is 3.80. The summed E-state index contributed by atoms with van der Waals surface area (Å²) in [6.07, 6.45) is 4.34. The zero-order valence-corrected chi connectivity index (χ0v) is 18.9. The van der Waals surface area contributed by atoms with Crippen LogP contribution in [0.1, 0.15) is 45.7 Å². The summed E-state index contributed by atoms with van der Waals surface area (Å²) in [4.78, 5) is 24.3. The van der Waals surface area contributed by atoms with Gasteiger partial charge in [-0.25, -0.2) is 19.8 Å². The maximum Gasteiger partial charge on any atom is 0.410 e. The van der Waals surface area contributed by atoms with Crippen molar-refractivity contribution < 1.29 is 9.53 Å². The lowest BCUT2D eigenvalue weighted by Crippen LogP contribution is -2.49. The smallest absolute Gasteiger partial charge is 0.410 e. The van der Waals surface area contributed by atoms with Crippen LogP contribution in [0.2, 0.25) is 0 Å². The summed E-state index contributed by atoms with van der Waals surface area (Å²) in [6, 6.07) is 4.12. The van der Waals surface area contributed by atoms with Crippen molar-refractivity contribution in [1.82, 2.24) is 25.1 Å². The fourth-order valence-electron chi connectivity index (χ4n) is 4.59. The molecule has 0 aliphatic carbocycles. The van der Waals surface area contributed by atoms with Crippen molar-refractivity contribution in [3.63, 3.8) is 0 Å². The fourth-order valence-corrected chi connectivity index (χ4v) is 5.28. The quantitative estimate of drug-likeness (QED) is 0.588. The van der Waals surface area contributed by atoms with Gasteiger partial charge in [0.2, 0.25) is 5.95 Å². The lowest BCUT2D eigenvalue weighted by molar-refractivity contribution is 0.0213. The molecule has 1 amide bonds. The Hall–Kier alpha value is -2.88. The van der Waals surface area contributed by atoms with Gasteiger partial charge in [-0.05, 0) is 58.4 Å². The molecule has 0 aromatic carbocycles. The fraction of sp³-hybridized carbons (Fsp3) is 0.524. The van der Waals surface area contributed by atoms with E-state index in [1.54, 1.807) is 11.3 Å². The Labute approximate surface area is 184 Å². The van der Waals surface area contributed by atoms with E-state index in [2.05, 4.69) is 20.6 Å². The molecule has 0 saturated carbocycles. The molecule has 2 bridgehead atoms. The van der Waals surface area contributed by atoms with Crippen LogP contribution in [0.4, 0.5) is 16.6 Å². The molecular formula is C21H27N7O2S. The molecule has 31 heavy (non-hydrogen) atoms. The Morgan fingerprint density at radius 2 is 2.23 bits per heavy atom. The number of aryl methyl sites for hydroxylation is 1. The van der Waals surface area contributed by atoms with Gasteiger partial charge in [-0.1, -0.05) is 0 Å². The lowest BCUT2D eigenvalue weighted by Gasteiger charge is -2.34. The number of rotatable bonds is 4. The predicted molar refractivity (Wildman–Crippen MR) is 120 cm³/mol. The number of aromatic amines is 1. The molecule has 3 aromatic rings. The van der Waals surface area contributed by atoms with Crippen LogP contribution >= 0.6 is 11.3 Å². The zero-order chi connectivity index (χ0) is 21.8. The number of amides is 1. The Balaban J connectivity index is 1.47. The number of H-pyrrole nitrogens is 1. The van der Waals surface area contributed by atoms with Crippen LogP contribution in [0.15, 0.2) is 23.7 Å². The van der Waals surface area contributed by atoms with E-state index >= 15 is 0 Å². The van der Waals surface area contributed by atoms with Gasteiger partial charge in [0.1, 0.15) is 5.60 Å². The van der Waals surface area contributed by atoms with E-state index in [1.807, 2.05) is 61.3 Å². The topological polar surface area (TPSA) is 99.3 Å². The Bertz CT molecular complexity index is 1100. The standard InChI is InChI=1S/C21H27N7O2S/c1-12-9-18(25-24-12)26-28(19-22-11-17-14(23-19)7-8-31-17)16-10-13-5-6-15(16)27(13)20(29)30-21(2,3)4/h7-9,11,13,15-16H,5-6,10H2,1-4H3,(H2,24,25,26)/t13?,15?,16-/m1/s1. The first-order chi connectivity index (χ1) is 14.8. The highest BCUT2D eigenvalue weighted by atomic mass is 32.1. The number of nitrogens with zero attached hydrogens (tertiary/aromatic N) is 5. The summed E-state index contributed by atoms with van der Waals surface area (Å²) in [5, 5.41) is 11.3. The van der Waals surface area contributed by atoms with Gasteiger partial charge in [-0.2, -0.15) is 5.10 Å². The van der Waals surface area contributed by atoms with E-state index in [0.717, 1.165) is 35.2 Å². The van der Waals surface area contributed by atoms with E-state index < -0.39 is 5.60 Å². The zero-order valence-electron chi connectivity index (χ0n) is 18.1. The monoisotopic (exact) mass is 441 g/mol. The molecule has 10 heteroatoms. The lowest BCUT2D eigenvalue weighted by atomic mass is 9.95. The third-order valence-electron chi connectivity index (χ3n) is 5.79. The first kappa shape index (κ1) is 20.0. The van der Waals surface area contributed by atoms with Gasteiger partial charge in [-0.15, -0.1) is 11.3 Å². The largest absolute Gasteiger partial charge is 0.444 e. The highest BCUT2D eigenvalue weighted by Crippen LogP contribution is 2.42. The molecule has 2 aliphatic heterocycles. The summed E-state index contributed by atoms with van der Waals surface area (Å²) >= 11 is 1.62. The second-order valence-corrected chi connectivity index (χ2v) is 10.2. The van der Waals surface area contributed by atoms with Crippen LogP contribution in [0.5, 0.6) is 0 Å². The molecule has 3 atom stereocenters. The highest BCUT2D eigenvalue weighted by molar-refractivity contribution is 7.17. The molecule has 0 spiro atoms. The first-order valence-corrected chi connectivity index (χ1v) is 11.5. The number of hydrogen-bond acceptors (Lipinski definition) is 8. The van der Waals surface area contributed by atoms with Crippen LogP contribution in [0, 0.1) is 6.92 Å². The van der Waals surface area contributed by atoms with Crippen molar-refractivity contribution in [2.75, 3.05) is 10.4 Å². The van der Waals surface area contributed by atoms with Gasteiger partial charge in [0.15, 0.2) is 5.82 Å². The van der Waals surface area contributed by atoms with Crippen molar-refractivity contribution >= 4 is 39.4 Å². The molecule has 2 saturated heterocycles. The predicted octanol–water partition coefficient (Wildman–Crippen LogP) is 4.10. The summed E-state index contributed by atoms with van der Waals surface area (Å²) < 4.78 is 6.75. The number of carbonyl (C=O) groups is 1. The number of fused-ring (bicyclic) bond motifs is 3. The number of nitrogens with one attached hydrogen (secondary N) is 2. The summed E-state index contributed by atoms with van der Waals surface area (Å²) in [6.45, 7) is 7.66. The minimum Gasteiger partial charge on any atom is -0.444 e. The van der Waals surface area contributed by atoms with Crippen molar-refractivity contribution in [1.29, 1.82) is 0 Å². The van der Waals surface area contributed by atoms with Crippen LogP contribution in [-0.2, 0) is 4.74 Å². The van der Waals surface area contributed by atoms with E-state index in [-0.39, 0.29) is 24.2 Å². The molecule has 2 N–H and O–H groups in total. The second-order valence-electron chi connectivity index (χ2n) is 9.25. The summed E-state index contributed by atoms with van der Waals surface area (Å²) in [5.74, 6) is 1.27. The van der Waals surface area contributed by atoms with Gasteiger partial charge in [0.05, 0.1) is 28.5 Å². The SMILES string of the molecule is Cc1cc(NN(c2ncc3sccc3n2)[C@@H]2CC3CCC2N3C(=O)OC(C)(C)C)n[nH]1. The van der Waals surface area contributed by atoms with Crippen molar-refractivity contribution in [3.05, 3.63) is 29.4 Å². The average molecular weight is 442 g/mol. The van der Waals surface area contributed by atoms with E-state index in [1.165, 1.54) is 0 Å². The van der Waals surface area contributed by atoms with Gasteiger partial charge < -0.3 is 9.64 Å². The molecule has 5 heterocycles. The van der Waals surface area contributed by atoms with E-state index in [0.29, 0.717) is 11.8 Å². The summed E-state index contributed by atoms with van der Waals surface area (Å²) in [7, 11) is 0. The molecule has 0 radical (unpaired) electrons. The normalized spacial score (nSPS) is 22.8. The molecule has 2 unspecified atom stereocenters. The van der Waals surface area contributed by atoms with Gasteiger partial charge in [-0.3, -0.25) is 10.5 Å². The van der Waals surface area contributed by atoms with Crippen molar-refractivity contribution in [2.24, 2.45) is 0 Å². The maximum atomic E-state index is 12.9. The highest BCUT2D eigenvalue weighted by Gasteiger charge is 2.52. The number of thiophene rings is 1. The van der Waals surface area contributed by atoms with Gasteiger partial charge in [0.25, 0.3) is 0 Å². The average Bonchev–Trinajstić information content (AvgIpc) is 3.47. The van der Waals surface area contributed by atoms with Gasteiger partial charge >= 0.3 is 6.09 Å². The van der Waals surface area contributed by atoms with Crippen molar-refractivity contribution in [2.45, 2.75) is 70.7 Å². The van der Waals surface area contributed by atoms with Crippen LogP contribution in [0.25, 0.3) is 10.2 Å². The van der Waals surface area contributed by atoms with Gasteiger partial charge in [0, 0.05) is 17.8 Å². The number of ether oxygens (including phenoxy) is 1. The third-order valence-corrected chi connectivity index (χ3v) is 6.63. The minimum absolute atomic E-state index is 0.0133. The first-order valence-electron chi connectivity index (χ1n) is 10.6. The Kier molecular flexibility index (Phi) is 4.76. The number of hydrazine groups is 1. The van der Waals surface area contributed by atoms with E-state index in [4.69, 9.17) is 9.72 Å². The summed E-state index contributed by atoms with van der Waals surface area (Å²) in [5.41, 5.74) is 4.74. The number of hydrogen-bond donors (Lipinski definition) is 2. The molecule has 164 valence electrons. The molecule has 5 rings (SSSR count). The molecule has 2 aliphatic rings. The van der Waals surface area contributed by atoms with Crippen LogP contribution in [0.3, 0.4) is 0 Å². The maximum absolute atomic E-state index is 12.9. The Morgan fingerprint density at radius 3 is 2.97 bits per heavy atom. The molecular weight excluding hydrogens is 414 g/mol. The molecule has 2 fully saturated rings. The molecule has 3 aromatic heterocycles. The molecule has 9 nitrogen and oxygen atoms in total. The minimum atomic E-state index is -0.522. The number of aromatic nitrogens is 4. The van der Waals surface area contributed by atoms with Crippen LogP contribution in [-0.4, -0.2) is 54.9 Å². The Morgan fingerprint density at radius 1 is 1.39 bits per heavy atom. The number of carbonyl (C=O) groups excluding carboxylic acids is 1. The second kappa shape index (κ2) is 7.37. The van der Waals surface area contributed by atoms with Crippen molar-refractivity contribution in [3.8, 4) is 0 Å². The number of anilines is 2.